The van der Waals surface area contributed by atoms with Gasteiger partial charge in [-0.3, -0.25) is 0 Å². The van der Waals surface area contributed by atoms with E-state index in [4.69, 9.17) is 5.11 Å². The third kappa shape index (κ3) is 1.81. The highest BCUT2D eigenvalue weighted by molar-refractivity contribution is 9.10. The number of aromatic carboxylic acids is 1. The molecule has 0 saturated heterocycles. The molecule has 6 nitrogen and oxygen atoms in total. The molecule has 0 radical (unpaired) electrons. The van der Waals surface area contributed by atoms with Crippen LogP contribution < -0.4 is 0 Å². The van der Waals surface area contributed by atoms with Crippen molar-refractivity contribution >= 4 is 21.9 Å². The van der Waals surface area contributed by atoms with Gasteiger partial charge in [0.15, 0.2) is 5.82 Å². The summed E-state index contributed by atoms with van der Waals surface area (Å²) in [6.45, 7) is 1.63. The Hall–Kier alpha value is -1.76. The maximum Gasteiger partial charge on any atom is 0.339 e. The zero-order chi connectivity index (χ0) is 11.7. The molecule has 2 aromatic rings. The Morgan fingerprint density at radius 2 is 2.31 bits per heavy atom. The van der Waals surface area contributed by atoms with Crippen LogP contribution >= 0.6 is 15.9 Å². The first-order valence-corrected chi connectivity index (χ1v) is 5.14. The Labute approximate surface area is 99.1 Å². The van der Waals surface area contributed by atoms with E-state index in [-0.39, 0.29) is 5.56 Å². The maximum atomic E-state index is 10.9. The van der Waals surface area contributed by atoms with E-state index in [1.165, 1.54) is 17.2 Å². The van der Waals surface area contributed by atoms with Crippen LogP contribution in [0.5, 0.6) is 0 Å². The molecule has 16 heavy (non-hydrogen) atoms. The van der Waals surface area contributed by atoms with Gasteiger partial charge in [0, 0.05) is 12.4 Å². The van der Waals surface area contributed by atoms with Crippen LogP contribution in [0.3, 0.4) is 0 Å². The van der Waals surface area contributed by atoms with E-state index < -0.39 is 5.97 Å². The lowest BCUT2D eigenvalue weighted by atomic mass is 10.3. The van der Waals surface area contributed by atoms with Gasteiger partial charge in [-0.1, -0.05) is 0 Å². The van der Waals surface area contributed by atoms with E-state index in [9.17, 15) is 4.79 Å². The Bertz CT molecular complexity index is 552. The molecule has 0 aromatic carbocycles. The smallest absolute Gasteiger partial charge is 0.339 e. The van der Waals surface area contributed by atoms with E-state index in [0.29, 0.717) is 16.0 Å². The summed E-state index contributed by atoms with van der Waals surface area (Å²) in [5.41, 5.74) is 0.600. The summed E-state index contributed by atoms with van der Waals surface area (Å²) in [6.07, 6.45) is 4.36. The van der Waals surface area contributed by atoms with Crippen LogP contribution in [0.15, 0.2) is 23.2 Å². The van der Waals surface area contributed by atoms with Crippen molar-refractivity contribution in [2.75, 3.05) is 0 Å². The summed E-state index contributed by atoms with van der Waals surface area (Å²) < 4.78 is 2.05. The number of aryl methyl sites for hydroxylation is 1. The van der Waals surface area contributed by atoms with Crippen molar-refractivity contribution in [2.24, 2.45) is 0 Å². The molecule has 2 rings (SSSR count). The topological polar surface area (TPSA) is 80.9 Å². The van der Waals surface area contributed by atoms with E-state index in [0.717, 1.165) is 0 Å². The van der Waals surface area contributed by atoms with Crippen molar-refractivity contribution in [1.82, 2.24) is 19.7 Å². The van der Waals surface area contributed by atoms with Crippen molar-refractivity contribution in [3.8, 4) is 5.82 Å². The number of hydrogen-bond donors (Lipinski definition) is 1. The second kappa shape index (κ2) is 4.01. The first-order valence-electron chi connectivity index (χ1n) is 4.35. The Kier molecular flexibility index (Phi) is 2.69. The number of halogens is 1. The highest BCUT2D eigenvalue weighted by Crippen LogP contribution is 2.17. The van der Waals surface area contributed by atoms with Gasteiger partial charge in [-0.2, -0.15) is 5.10 Å². The van der Waals surface area contributed by atoms with Gasteiger partial charge in [-0.25, -0.2) is 19.4 Å². The highest BCUT2D eigenvalue weighted by Gasteiger charge is 2.14. The number of carboxylic acids is 1. The molecule has 0 aliphatic rings. The average Bonchev–Trinajstić information content (AvgIpc) is 2.61. The van der Waals surface area contributed by atoms with Crippen LogP contribution in [-0.2, 0) is 0 Å². The van der Waals surface area contributed by atoms with Gasteiger partial charge >= 0.3 is 5.97 Å². The Morgan fingerprint density at radius 3 is 2.88 bits per heavy atom. The number of hydrogen-bond acceptors (Lipinski definition) is 4. The van der Waals surface area contributed by atoms with Gasteiger partial charge in [-0.15, -0.1) is 0 Å². The van der Waals surface area contributed by atoms with Gasteiger partial charge in [0.05, 0.1) is 10.2 Å². The molecule has 1 N–H and O–H groups in total. The van der Waals surface area contributed by atoms with Gasteiger partial charge in [0.25, 0.3) is 0 Å². The van der Waals surface area contributed by atoms with Gasteiger partial charge in [0.2, 0.25) is 0 Å². The predicted octanol–water partition coefficient (Wildman–Crippen LogP) is 1.43. The number of carboxylic acid groups (broad SMARTS) is 1. The van der Waals surface area contributed by atoms with Crippen LogP contribution in [0.2, 0.25) is 0 Å². The van der Waals surface area contributed by atoms with E-state index in [2.05, 4.69) is 31.0 Å². The van der Waals surface area contributed by atoms with Crippen molar-refractivity contribution < 1.29 is 9.90 Å². The first-order chi connectivity index (χ1) is 7.59. The molecular formula is C9H7BrN4O2. The lowest BCUT2D eigenvalue weighted by Crippen LogP contribution is -2.00. The summed E-state index contributed by atoms with van der Waals surface area (Å²) >= 11 is 3.27. The molecule has 0 fully saturated rings. The highest BCUT2D eigenvalue weighted by atomic mass is 79.9. The SMILES string of the molecule is Cc1nn(-c2ncncc2Br)cc1C(=O)O. The fourth-order valence-electron chi connectivity index (χ4n) is 1.25. The minimum absolute atomic E-state index is 0.158. The first kappa shape index (κ1) is 10.7. The number of aromatic nitrogens is 4. The summed E-state index contributed by atoms with van der Waals surface area (Å²) in [7, 11) is 0. The van der Waals surface area contributed by atoms with Crippen molar-refractivity contribution in [2.45, 2.75) is 6.92 Å². The fourth-order valence-corrected chi connectivity index (χ4v) is 1.66. The fraction of sp³-hybridized carbons (Fsp3) is 0.111. The third-order valence-corrected chi connectivity index (χ3v) is 2.55. The molecule has 2 heterocycles. The molecule has 0 aliphatic carbocycles. The van der Waals surface area contributed by atoms with Crippen LogP contribution in [-0.4, -0.2) is 30.8 Å². The van der Waals surface area contributed by atoms with Gasteiger partial charge in [0.1, 0.15) is 11.9 Å². The molecule has 2 aromatic heterocycles. The summed E-state index contributed by atoms with van der Waals surface area (Å²) in [6, 6.07) is 0. The summed E-state index contributed by atoms with van der Waals surface area (Å²) in [5.74, 6) is -0.500. The molecule has 0 amide bonds. The molecule has 0 atom stereocenters. The van der Waals surface area contributed by atoms with Gasteiger partial charge in [-0.05, 0) is 22.9 Å². The van der Waals surface area contributed by atoms with Crippen molar-refractivity contribution in [1.29, 1.82) is 0 Å². The van der Waals surface area contributed by atoms with Gasteiger partial charge < -0.3 is 5.11 Å². The number of carbonyl (C=O) groups is 1. The second-order valence-corrected chi connectivity index (χ2v) is 3.93. The molecule has 0 bridgehead atoms. The molecule has 0 saturated carbocycles. The summed E-state index contributed by atoms with van der Waals surface area (Å²) in [5, 5.41) is 13.0. The van der Waals surface area contributed by atoms with Crippen molar-refractivity contribution in [3.05, 3.63) is 34.5 Å². The van der Waals surface area contributed by atoms with Crippen LogP contribution in [0.25, 0.3) is 5.82 Å². The number of nitrogens with zero attached hydrogens (tertiary/aromatic N) is 4. The minimum atomic E-state index is -1.01. The van der Waals surface area contributed by atoms with Crippen LogP contribution in [0.4, 0.5) is 0 Å². The van der Waals surface area contributed by atoms with Crippen molar-refractivity contribution in [3.63, 3.8) is 0 Å². The van der Waals surface area contributed by atoms with E-state index in [1.54, 1.807) is 13.1 Å². The van der Waals surface area contributed by atoms with E-state index in [1.807, 2.05) is 0 Å². The zero-order valence-electron chi connectivity index (χ0n) is 8.25. The quantitative estimate of drug-likeness (QED) is 0.901. The minimum Gasteiger partial charge on any atom is -0.478 e. The molecule has 82 valence electrons. The molecular weight excluding hydrogens is 276 g/mol. The standard InChI is InChI=1S/C9H7BrN4O2/c1-5-6(9(15)16)3-14(13-5)8-7(10)2-11-4-12-8/h2-4H,1H3,(H,15,16). The third-order valence-electron chi connectivity index (χ3n) is 1.99. The number of rotatable bonds is 2. The summed E-state index contributed by atoms with van der Waals surface area (Å²) in [4.78, 5) is 18.7. The molecule has 7 heteroatoms. The lowest BCUT2D eigenvalue weighted by Gasteiger charge is -2.00. The lowest BCUT2D eigenvalue weighted by molar-refractivity contribution is 0.0696. The monoisotopic (exact) mass is 282 g/mol. The largest absolute Gasteiger partial charge is 0.478 e. The maximum absolute atomic E-state index is 10.9. The van der Waals surface area contributed by atoms with Crippen LogP contribution in [0, 0.1) is 6.92 Å². The normalized spacial score (nSPS) is 10.4. The zero-order valence-corrected chi connectivity index (χ0v) is 9.84. The van der Waals surface area contributed by atoms with Crippen LogP contribution in [0.1, 0.15) is 16.1 Å². The average molecular weight is 283 g/mol. The second-order valence-electron chi connectivity index (χ2n) is 3.07. The molecule has 0 spiro atoms. The molecule has 0 aliphatic heterocycles. The molecule has 0 unspecified atom stereocenters. The Morgan fingerprint density at radius 1 is 1.56 bits per heavy atom. The van der Waals surface area contributed by atoms with E-state index >= 15 is 0 Å². The Balaban J connectivity index is 2.54. The predicted molar refractivity (Wildman–Crippen MR) is 58.6 cm³/mol.